The van der Waals surface area contributed by atoms with Gasteiger partial charge in [0.25, 0.3) is 0 Å². The number of nitriles is 2. The van der Waals surface area contributed by atoms with Gasteiger partial charge >= 0.3 is 0 Å². The standard InChI is InChI=1S/C23H18ClN3/c1-15-21(13-25)20(22(14-26)16(2)27-15)12-23(24)19-10-8-18(9-11-19)17-6-4-3-5-7-17/h3-12,20,27H,1-2H3/b23-12+. The van der Waals surface area contributed by atoms with Crippen molar-refractivity contribution in [1.82, 2.24) is 5.32 Å². The highest BCUT2D eigenvalue weighted by molar-refractivity contribution is 6.48. The van der Waals surface area contributed by atoms with Crippen molar-refractivity contribution >= 4 is 16.6 Å². The Morgan fingerprint density at radius 1 is 0.889 bits per heavy atom. The fourth-order valence-corrected chi connectivity index (χ4v) is 3.45. The average molecular weight is 372 g/mol. The smallest absolute Gasteiger partial charge is 0.0975 e. The van der Waals surface area contributed by atoms with Crippen molar-refractivity contribution in [3.8, 4) is 23.3 Å². The van der Waals surface area contributed by atoms with E-state index in [9.17, 15) is 10.5 Å². The van der Waals surface area contributed by atoms with Crippen LogP contribution in [0, 0.1) is 28.6 Å². The van der Waals surface area contributed by atoms with Crippen LogP contribution >= 0.6 is 11.6 Å². The summed E-state index contributed by atoms with van der Waals surface area (Å²) in [6.45, 7) is 3.67. The highest BCUT2D eigenvalue weighted by Gasteiger charge is 2.26. The minimum atomic E-state index is -0.442. The molecule has 0 saturated heterocycles. The van der Waals surface area contributed by atoms with Gasteiger partial charge in [-0.05, 0) is 30.5 Å². The summed E-state index contributed by atoms with van der Waals surface area (Å²) in [7, 11) is 0. The Bertz CT molecular complexity index is 994. The van der Waals surface area contributed by atoms with Gasteiger partial charge in [-0.1, -0.05) is 72.3 Å². The molecule has 2 aromatic rings. The molecule has 132 valence electrons. The number of nitrogens with zero attached hydrogens (tertiary/aromatic N) is 2. The lowest BCUT2D eigenvalue weighted by molar-refractivity contribution is 0.799. The molecule has 27 heavy (non-hydrogen) atoms. The lowest BCUT2D eigenvalue weighted by Gasteiger charge is -2.24. The molecule has 1 aliphatic heterocycles. The molecule has 1 aliphatic rings. The normalized spacial score (nSPS) is 15.2. The zero-order valence-electron chi connectivity index (χ0n) is 15.1. The monoisotopic (exact) mass is 371 g/mol. The van der Waals surface area contributed by atoms with E-state index in [1.165, 1.54) is 0 Å². The van der Waals surface area contributed by atoms with Gasteiger partial charge in [0.2, 0.25) is 0 Å². The number of halogens is 1. The van der Waals surface area contributed by atoms with E-state index in [-0.39, 0.29) is 0 Å². The lowest BCUT2D eigenvalue weighted by atomic mass is 9.86. The minimum Gasteiger partial charge on any atom is -0.361 e. The van der Waals surface area contributed by atoms with Crippen LogP contribution in [0.25, 0.3) is 16.2 Å². The molecule has 0 spiro atoms. The van der Waals surface area contributed by atoms with Crippen molar-refractivity contribution in [2.24, 2.45) is 5.92 Å². The third kappa shape index (κ3) is 3.80. The van der Waals surface area contributed by atoms with E-state index in [0.29, 0.717) is 16.2 Å². The number of allylic oxidation sites excluding steroid dienone is 5. The summed E-state index contributed by atoms with van der Waals surface area (Å²) in [6, 6.07) is 22.5. The molecule has 0 atom stereocenters. The van der Waals surface area contributed by atoms with Gasteiger partial charge in [-0.25, -0.2) is 0 Å². The van der Waals surface area contributed by atoms with Crippen LogP contribution in [0.3, 0.4) is 0 Å². The summed E-state index contributed by atoms with van der Waals surface area (Å²) < 4.78 is 0. The van der Waals surface area contributed by atoms with Gasteiger partial charge in [-0.2, -0.15) is 10.5 Å². The van der Waals surface area contributed by atoms with Gasteiger partial charge in [0.1, 0.15) is 0 Å². The Kier molecular flexibility index (Phi) is 5.46. The van der Waals surface area contributed by atoms with Crippen molar-refractivity contribution < 1.29 is 0 Å². The van der Waals surface area contributed by atoms with E-state index < -0.39 is 5.92 Å². The van der Waals surface area contributed by atoms with E-state index in [0.717, 1.165) is 28.1 Å². The van der Waals surface area contributed by atoms with Crippen molar-refractivity contribution in [3.63, 3.8) is 0 Å². The van der Waals surface area contributed by atoms with Crippen LogP contribution < -0.4 is 5.32 Å². The Morgan fingerprint density at radius 3 is 1.93 bits per heavy atom. The second kappa shape index (κ2) is 7.96. The molecule has 2 aromatic carbocycles. The maximum Gasteiger partial charge on any atom is 0.0975 e. The third-order valence-corrected chi connectivity index (χ3v) is 4.97. The Hall–Kier alpha value is -3.27. The van der Waals surface area contributed by atoms with E-state index in [2.05, 4.69) is 29.6 Å². The Labute approximate surface area is 164 Å². The first kappa shape index (κ1) is 18.5. The molecule has 0 aliphatic carbocycles. The molecule has 4 heteroatoms. The van der Waals surface area contributed by atoms with Crippen LogP contribution in [0.4, 0.5) is 0 Å². The van der Waals surface area contributed by atoms with Crippen LogP contribution in [0.15, 0.2) is 83.2 Å². The fraction of sp³-hybridized carbons (Fsp3) is 0.130. The molecule has 1 N–H and O–H groups in total. The summed E-state index contributed by atoms with van der Waals surface area (Å²) in [4.78, 5) is 0. The molecule has 0 unspecified atom stereocenters. The second-order valence-corrected chi connectivity index (χ2v) is 6.77. The summed E-state index contributed by atoms with van der Waals surface area (Å²) in [5.41, 5.74) is 5.61. The summed E-state index contributed by atoms with van der Waals surface area (Å²) >= 11 is 6.55. The van der Waals surface area contributed by atoms with Crippen LogP contribution in [0.2, 0.25) is 0 Å². The Morgan fingerprint density at radius 2 is 1.41 bits per heavy atom. The second-order valence-electron chi connectivity index (χ2n) is 6.36. The molecule has 1 heterocycles. The number of rotatable bonds is 3. The van der Waals surface area contributed by atoms with E-state index >= 15 is 0 Å². The fourth-order valence-electron chi connectivity index (χ4n) is 3.20. The van der Waals surface area contributed by atoms with Gasteiger partial charge < -0.3 is 5.32 Å². The number of dihydropyridines is 1. The molecular weight excluding hydrogens is 354 g/mol. The van der Waals surface area contributed by atoms with Crippen LogP contribution in [0.5, 0.6) is 0 Å². The summed E-state index contributed by atoms with van der Waals surface area (Å²) in [5.74, 6) is -0.442. The molecule has 0 aromatic heterocycles. The highest BCUT2D eigenvalue weighted by atomic mass is 35.5. The molecule has 0 saturated carbocycles. The van der Waals surface area contributed by atoms with E-state index in [1.54, 1.807) is 6.08 Å². The molecule has 0 amide bonds. The first-order chi connectivity index (χ1) is 13.0. The first-order valence-corrected chi connectivity index (χ1v) is 8.95. The number of hydrogen-bond acceptors (Lipinski definition) is 3. The highest BCUT2D eigenvalue weighted by Crippen LogP contribution is 2.34. The SMILES string of the molecule is CC1=C(C#N)C(/C=C(/Cl)c2ccc(-c3ccccc3)cc2)C(C#N)=C(C)N1. The van der Waals surface area contributed by atoms with Gasteiger partial charge in [0.15, 0.2) is 0 Å². The summed E-state index contributed by atoms with van der Waals surface area (Å²) in [6.07, 6.45) is 1.78. The molecule has 3 nitrogen and oxygen atoms in total. The van der Waals surface area contributed by atoms with Gasteiger partial charge in [0.05, 0.1) is 29.2 Å². The van der Waals surface area contributed by atoms with Crippen molar-refractivity contribution in [2.75, 3.05) is 0 Å². The predicted octanol–water partition coefficient (Wildman–Crippen LogP) is 5.75. The maximum atomic E-state index is 9.53. The van der Waals surface area contributed by atoms with Gasteiger partial charge in [-0.3, -0.25) is 0 Å². The van der Waals surface area contributed by atoms with Crippen LogP contribution in [-0.2, 0) is 0 Å². The maximum absolute atomic E-state index is 9.53. The molecule has 0 bridgehead atoms. The zero-order chi connectivity index (χ0) is 19.4. The molecular formula is C23H18ClN3. The quantitative estimate of drug-likeness (QED) is 0.747. The summed E-state index contributed by atoms with van der Waals surface area (Å²) in [5, 5.41) is 22.7. The van der Waals surface area contributed by atoms with Gasteiger partial charge in [-0.15, -0.1) is 0 Å². The van der Waals surface area contributed by atoms with E-state index in [1.807, 2.05) is 56.3 Å². The molecule has 0 radical (unpaired) electrons. The number of benzene rings is 2. The topological polar surface area (TPSA) is 59.6 Å². The lowest BCUT2D eigenvalue weighted by Crippen LogP contribution is -2.23. The number of nitrogens with one attached hydrogen (secondary N) is 1. The minimum absolute atomic E-state index is 0.442. The van der Waals surface area contributed by atoms with Crippen molar-refractivity contribution in [3.05, 3.63) is 88.8 Å². The molecule has 3 rings (SSSR count). The first-order valence-electron chi connectivity index (χ1n) is 8.57. The largest absolute Gasteiger partial charge is 0.361 e. The predicted molar refractivity (Wildman–Crippen MR) is 109 cm³/mol. The van der Waals surface area contributed by atoms with E-state index in [4.69, 9.17) is 11.6 Å². The third-order valence-electron chi connectivity index (χ3n) is 4.63. The Balaban J connectivity index is 1.96. The van der Waals surface area contributed by atoms with Crippen LogP contribution in [-0.4, -0.2) is 0 Å². The zero-order valence-corrected chi connectivity index (χ0v) is 15.9. The van der Waals surface area contributed by atoms with Crippen LogP contribution in [0.1, 0.15) is 19.4 Å². The molecule has 0 fully saturated rings. The van der Waals surface area contributed by atoms with Crippen molar-refractivity contribution in [1.29, 1.82) is 10.5 Å². The van der Waals surface area contributed by atoms with Crippen molar-refractivity contribution in [2.45, 2.75) is 13.8 Å². The average Bonchev–Trinajstić information content (AvgIpc) is 2.69. The number of hydrogen-bond donors (Lipinski definition) is 1. The van der Waals surface area contributed by atoms with Gasteiger partial charge in [0, 0.05) is 16.4 Å².